The standard InChI is InChI=1S/C12H16INO2/c1-3-16-9-8-14(2)12(15)10-6-4-5-7-11(10)13/h4-7H,3,8-9H2,1-2H3. The Morgan fingerprint density at radius 3 is 2.75 bits per heavy atom. The lowest BCUT2D eigenvalue weighted by atomic mass is 10.2. The van der Waals surface area contributed by atoms with E-state index in [4.69, 9.17) is 4.74 Å². The van der Waals surface area contributed by atoms with E-state index in [2.05, 4.69) is 22.6 Å². The van der Waals surface area contributed by atoms with Crippen molar-refractivity contribution in [3.63, 3.8) is 0 Å². The number of hydrogen-bond donors (Lipinski definition) is 0. The molecular weight excluding hydrogens is 317 g/mol. The highest BCUT2D eigenvalue weighted by molar-refractivity contribution is 14.1. The van der Waals surface area contributed by atoms with Crippen molar-refractivity contribution in [2.24, 2.45) is 0 Å². The zero-order chi connectivity index (χ0) is 12.0. The van der Waals surface area contributed by atoms with Crippen LogP contribution >= 0.6 is 22.6 Å². The highest BCUT2D eigenvalue weighted by Crippen LogP contribution is 2.13. The average molecular weight is 333 g/mol. The number of carbonyl (C=O) groups excluding carboxylic acids is 1. The first-order valence-corrected chi connectivity index (χ1v) is 6.32. The van der Waals surface area contributed by atoms with E-state index in [0.717, 1.165) is 9.13 Å². The summed E-state index contributed by atoms with van der Waals surface area (Å²) in [7, 11) is 1.80. The third-order valence-electron chi connectivity index (χ3n) is 2.23. The van der Waals surface area contributed by atoms with Crippen LogP contribution in [0.1, 0.15) is 17.3 Å². The van der Waals surface area contributed by atoms with Crippen molar-refractivity contribution in [2.45, 2.75) is 6.92 Å². The topological polar surface area (TPSA) is 29.5 Å². The molecule has 0 spiro atoms. The first kappa shape index (κ1) is 13.4. The van der Waals surface area contributed by atoms with Crippen molar-refractivity contribution in [3.05, 3.63) is 33.4 Å². The van der Waals surface area contributed by atoms with Crippen LogP contribution in [0, 0.1) is 3.57 Å². The van der Waals surface area contributed by atoms with Crippen LogP contribution in [0.2, 0.25) is 0 Å². The fourth-order valence-electron chi connectivity index (χ4n) is 1.29. The van der Waals surface area contributed by atoms with Crippen molar-refractivity contribution in [3.8, 4) is 0 Å². The molecule has 0 saturated carbocycles. The molecule has 0 fully saturated rings. The lowest BCUT2D eigenvalue weighted by Gasteiger charge is -2.17. The molecule has 0 radical (unpaired) electrons. The molecule has 1 aromatic rings. The number of ether oxygens (including phenoxy) is 1. The summed E-state index contributed by atoms with van der Waals surface area (Å²) in [5.74, 6) is 0.0460. The summed E-state index contributed by atoms with van der Waals surface area (Å²) in [5, 5.41) is 0. The highest BCUT2D eigenvalue weighted by atomic mass is 127. The van der Waals surface area contributed by atoms with Gasteiger partial charge in [0.25, 0.3) is 5.91 Å². The molecule has 88 valence electrons. The number of amides is 1. The van der Waals surface area contributed by atoms with E-state index in [1.54, 1.807) is 11.9 Å². The number of carbonyl (C=O) groups is 1. The molecule has 0 aromatic heterocycles. The van der Waals surface area contributed by atoms with E-state index in [1.807, 2.05) is 31.2 Å². The lowest BCUT2D eigenvalue weighted by Crippen LogP contribution is -2.30. The molecule has 1 amide bonds. The van der Waals surface area contributed by atoms with Crippen molar-refractivity contribution in [1.29, 1.82) is 0 Å². The molecular formula is C12H16INO2. The molecule has 3 nitrogen and oxygen atoms in total. The molecule has 0 saturated heterocycles. The molecule has 0 aliphatic carbocycles. The number of rotatable bonds is 5. The fourth-order valence-corrected chi connectivity index (χ4v) is 1.91. The lowest BCUT2D eigenvalue weighted by molar-refractivity contribution is 0.0709. The molecule has 0 heterocycles. The van der Waals surface area contributed by atoms with Crippen molar-refractivity contribution < 1.29 is 9.53 Å². The summed E-state index contributed by atoms with van der Waals surface area (Å²) in [6.07, 6.45) is 0. The number of halogens is 1. The first-order chi connectivity index (χ1) is 7.66. The quantitative estimate of drug-likeness (QED) is 0.612. The zero-order valence-electron chi connectivity index (χ0n) is 9.57. The molecule has 0 aliphatic heterocycles. The Bertz CT molecular complexity index is 355. The molecule has 0 atom stereocenters. The van der Waals surface area contributed by atoms with Gasteiger partial charge in [-0.15, -0.1) is 0 Å². The molecule has 0 aliphatic rings. The van der Waals surface area contributed by atoms with Gasteiger partial charge >= 0.3 is 0 Å². The molecule has 0 bridgehead atoms. The Kier molecular flexibility index (Phi) is 5.76. The maximum absolute atomic E-state index is 12.0. The molecule has 0 unspecified atom stereocenters. The molecule has 16 heavy (non-hydrogen) atoms. The highest BCUT2D eigenvalue weighted by Gasteiger charge is 2.13. The second-order valence-electron chi connectivity index (χ2n) is 3.40. The van der Waals surface area contributed by atoms with Gasteiger partial charge in [0, 0.05) is 23.8 Å². The maximum Gasteiger partial charge on any atom is 0.254 e. The predicted octanol–water partition coefficient (Wildman–Crippen LogP) is 2.40. The minimum atomic E-state index is 0.0460. The Morgan fingerprint density at radius 2 is 2.12 bits per heavy atom. The Morgan fingerprint density at radius 1 is 1.44 bits per heavy atom. The van der Waals surface area contributed by atoms with Gasteiger partial charge in [-0.05, 0) is 41.6 Å². The average Bonchev–Trinajstić information content (AvgIpc) is 2.29. The number of likely N-dealkylation sites (N-methyl/N-ethyl adjacent to an activating group) is 1. The minimum Gasteiger partial charge on any atom is -0.380 e. The monoisotopic (exact) mass is 333 g/mol. The van der Waals surface area contributed by atoms with Gasteiger partial charge in [0.1, 0.15) is 0 Å². The molecule has 1 aromatic carbocycles. The van der Waals surface area contributed by atoms with E-state index in [9.17, 15) is 4.79 Å². The molecule has 4 heteroatoms. The minimum absolute atomic E-state index is 0.0460. The van der Waals surface area contributed by atoms with Crippen LogP contribution in [0.3, 0.4) is 0 Å². The van der Waals surface area contributed by atoms with Gasteiger partial charge in [-0.2, -0.15) is 0 Å². The third-order valence-corrected chi connectivity index (χ3v) is 3.17. The number of hydrogen-bond acceptors (Lipinski definition) is 2. The van der Waals surface area contributed by atoms with Gasteiger partial charge in [0.05, 0.1) is 12.2 Å². The summed E-state index contributed by atoms with van der Waals surface area (Å²) < 4.78 is 6.20. The van der Waals surface area contributed by atoms with Crippen LogP contribution in [0.25, 0.3) is 0 Å². The SMILES string of the molecule is CCOCCN(C)C(=O)c1ccccc1I. The Labute approximate surface area is 110 Å². The van der Waals surface area contributed by atoms with Gasteiger partial charge in [-0.3, -0.25) is 4.79 Å². The molecule has 0 N–H and O–H groups in total. The Hall–Kier alpha value is -0.620. The van der Waals surface area contributed by atoms with E-state index in [1.165, 1.54) is 0 Å². The van der Waals surface area contributed by atoms with E-state index < -0.39 is 0 Å². The summed E-state index contributed by atoms with van der Waals surface area (Å²) >= 11 is 2.18. The van der Waals surface area contributed by atoms with Crippen LogP contribution in [0.5, 0.6) is 0 Å². The second kappa shape index (κ2) is 6.85. The van der Waals surface area contributed by atoms with Crippen LogP contribution < -0.4 is 0 Å². The van der Waals surface area contributed by atoms with Crippen LogP contribution in [-0.4, -0.2) is 37.6 Å². The summed E-state index contributed by atoms with van der Waals surface area (Å²) in [4.78, 5) is 13.7. The van der Waals surface area contributed by atoms with Gasteiger partial charge in [0.15, 0.2) is 0 Å². The van der Waals surface area contributed by atoms with Gasteiger partial charge in [0.2, 0.25) is 0 Å². The maximum atomic E-state index is 12.0. The van der Waals surface area contributed by atoms with E-state index in [-0.39, 0.29) is 5.91 Å². The van der Waals surface area contributed by atoms with Crippen LogP contribution in [-0.2, 0) is 4.74 Å². The fraction of sp³-hybridized carbons (Fsp3) is 0.417. The van der Waals surface area contributed by atoms with Gasteiger partial charge in [-0.1, -0.05) is 12.1 Å². The van der Waals surface area contributed by atoms with Crippen LogP contribution in [0.4, 0.5) is 0 Å². The van der Waals surface area contributed by atoms with Gasteiger partial charge < -0.3 is 9.64 Å². The van der Waals surface area contributed by atoms with Gasteiger partial charge in [-0.25, -0.2) is 0 Å². The van der Waals surface area contributed by atoms with Crippen LogP contribution in [0.15, 0.2) is 24.3 Å². The summed E-state index contributed by atoms with van der Waals surface area (Å²) in [6, 6.07) is 7.59. The third kappa shape index (κ3) is 3.75. The first-order valence-electron chi connectivity index (χ1n) is 5.24. The number of benzene rings is 1. The molecule has 1 rings (SSSR count). The van der Waals surface area contributed by atoms with Crippen molar-refractivity contribution in [2.75, 3.05) is 26.8 Å². The predicted molar refractivity (Wildman–Crippen MR) is 72.6 cm³/mol. The summed E-state index contributed by atoms with van der Waals surface area (Å²) in [6.45, 7) is 3.84. The number of nitrogens with zero attached hydrogens (tertiary/aromatic N) is 1. The summed E-state index contributed by atoms with van der Waals surface area (Å²) in [5.41, 5.74) is 0.752. The Balaban J connectivity index is 2.60. The van der Waals surface area contributed by atoms with Crippen molar-refractivity contribution in [1.82, 2.24) is 4.90 Å². The van der Waals surface area contributed by atoms with E-state index >= 15 is 0 Å². The normalized spacial score (nSPS) is 10.2. The largest absolute Gasteiger partial charge is 0.380 e. The smallest absolute Gasteiger partial charge is 0.254 e. The second-order valence-corrected chi connectivity index (χ2v) is 4.57. The van der Waals surface area contributed by atoms with Crippen molar-refractivity contribution >= 4 is 28.5 Å². The zero-order valence-corrected chi connectivity index (χ0v) is 11.7. The van der Waals surface area contributed by atoms with E-state index in [0.29, 0.717) is 19.8 Å².